The second-order valence-electron chi connectivity index (χ2n) is 14.1. The minimum atomic E-state index is -4.70. The van der Waals surface area contributed by atoms with Crippen molar-refractivity contribution < 1.29 is 45.4 Å². The number of halogens is 3. The number of nitrogens with one attached hydrogen (secondary N) is 2. The molecule has 17 heteroatoms. The van der Waals surface area contributed by atoms with Gasteiger partial charge < -0.3 is 19.7 Å². The van der Waals surface area contributed by atoms with E-state index in [1.165, 1.54) is 11.0 Å². The maximum Gasteiger partial charge on any atom is 0.416 e. The summed E-state index contributed by atoms with van der Waals surface area (Å²) in [6.07, 6.45) is -0.460. The van der Waals surface area contributed by atoms with E-state index in [2.05, 4.69) is 26.6 Å². The molecule has 53 heavy (non-hydrogen) atoms. The summed E-state index contributed by atoms with van der Waals surface area (Å²) in [4.78, 5) is 54.1. The maximum atomic E-state index is 14.8. The lowest BCUT2D eigenvalue weighted by molar-refractivity contribution is -0.140. The number of amides is 4. The Morgan fingerprint density at radius 2 is 1.83 bits per heavy atom. The molecule has 3 aromatic rings. The fourth-order valence-corrected chi connectivity index (χ4v) is 8.14. The van der Waals surface area contributed by atoms with Crippen LogP contribution in [0.25, 0.3) is 10.8 Å². The normalized spacial score (nSPS) is 23.3. The molecule has 4 amide bonds. The van der Waals surface area contributed by atoms with Gasteiger partial charge in [0, 0.05) is 36.2 Å². The largest absolute Gasteiger partial charge is 0.497 e. The number of nitrogens with zero attached hydrogens (tertiary/aromatic N) is 4. The van der Waals surface area contributed by atoms with Crippen molar-refractivity contribution in [1.82, 2.24) is 24.5 Å². The molecular formula is C36H41F3N6O7S. The highest BCUT2D eigenvalue weighted by Crippen LogP contribution is 2.51. The van der Waals surface area contributed by atoms with Gasteiger partial charge in [0.15, 0.2) is 0 Å². The van der Waals surface area contributed by atoms with Gasteiger partial charge in [-0.3, -0.25) is 14.3 Å². The number of pyridine rings is 2. The Balaban J connectivity index is 1.34. The first-order chi connectivity index (χ1) is 25.0. The SMILES string of the molecule is C=C[C@@H]1C[C@@]1(C(=O)NS(=O)(=O)C1CC1)N(C(=O)C(Nc1cc(C(F)(F)F)ccn1)C(C)C)C(=O)N1C[C@H](Oc2nccc3cc(OC)ccc23)CC1C. The minimum absolute atomic E-state index is 0.0240. The predicted octanol–water partition coefficient (Wildman–Crippen LogP) is 5.14. The summed E-state index contributed by atoms with van der Waals surface area (Å²) in [6.45, 7) is 8.73. The van der Waals surface area contributed by atoms with Gasteiger partial charge >= 0.3 is 12.2 Å². The number of alkyl halides is 3. The molecule has 2 aromatic heterocycles. The molecule has 1 aliphatic heterocycles. The van der Waals surface area contributed by atoms with E-state index in [9.17, 15) is 36.0 Å². The number of carbonyl (C=O) groups excluding carboxylic acids is 3. The van der Waals surface area contributed by atoms with Crippen LogP contribution in [0.3, 0.4) is 0 Å². The second-order valence-corrected chi connectivity index (χ2v) is 16.0. The molecule has 1 aromatic carbocycles. The van der Waals surface area contributed by atoms with E-state index in [4.69, 9.17) is 9.47 Å². The van der Waals surface area contributed by atoms with E-state index in [1.54, 1.807) is 52.3 Å². The number of sulfonamides is 1. The molecule has 5 atom stereocenters. The van der Waals surface area contributed by atoms with Crippen LogP contribution in [0.1, 0.15) is 52.0 Å². The zero-order valence-electron chi connectivity index (χ0n) is 29.6. The van der Waals surface area contributed by atoms with Gasteiger partial charge in [0.25, 0.3) is 11.8 Å². The van der Waals surface area contributed by atoms with Gasteiger partial charge in [-0.05, 0) is 73.9 Å². The van der Waals surface area contributed by atoms with Gasteiger partial charge in [-0.1, -0.05) is 19.9 Å². The molecular weight excluding hydrogens is 717 g/mol. The number of hydrogen-bond acceptors (Lipinski definition) is 10. The molecule has 2 N–H and O–H groups in total. The number of anilines is 1. The third-order valence-corrected chi connectivity index (χ3v) is 11.8. The predicted molar refractivity (Wildman–Crippen MR) is 188 cm³/mol. The Hall–Kier alpha value is -4.93. The van der Waals surface area contributed by atoms with Crippen LogP contribution in [0.15, 0.2) is 61.4 Å². The van der Waals surface area contributed by atoms with Crippen LogP contribution in [0.5, 0.6) is 11.6 Å². The first-order valence-electron chi connectivity index (χ1n) is 17.2. The van der Waals surface area contributed by atoms with E-state index < -0.39 is 80.4 Å². The number of aromatic nitrogens is 2. The van der Waals surface area contributed by atoms with Gasteiger partial charge in [0.2, 0.25) is 15.9 Å². The number of fused-ring (bicyclic) bond motifs is 1. The smallest absolute Gasteiger partial charge is 0.416 e. The summed E-state index contributed by atoms with van der Waals surface area (Å²) in [6, 6.07) is 5.94. The number of urea groups is 1. The Bertz CT molecular complexity index is 2040. The Morgan fingerprint density at radius 1 is 1.11 bits per heavy atom. The summed E-state index contributed by atoms with van der Waals surface area (Å²) < 4.78 is 80.4. The van der Waals surface area contributed by atoms with Crippen molar-refractivity contribution in [3.8, 4) is 11.6 Å². The van der Waals surface area contributed by atoms with Crippen molar-refractivity contribution in [3.63, 3.8) is 0 Å². The number of imide groups is 1. The highest BCUT2D eigenvalue weighted by atomic mass is 32.2. The average molecular weight is 759 g/mol. The molecule has 2 unspecified atom stereocenters. The Morgan fingerprint density at radius 3 is 2.45 bits per heavy atom. The van der Waals surface area contributed by atoms with E-state index in [1.807, 2.05) is 6.07 Å². The Kier molecular flexibility index (Phi) is 10.1. The molecule has 0 spiro atoms. The fraction of sp³-hybridized carbons (Fsp3) is 0.472. The molecule has 13 nitrogen and oxygen atoms in total. The molecule has 284 valence electrons. The van der Waals surface area contributed by atoms with Crippen LogP contribution in [-0.4, -0.2) is 88.7 Å². The highest BCUT2D eigenvalue weighted by Gasteiger charge is 2.68. The first-order valence-corrected chi connectivity index (χ1v) is 18.8. The van der Waals surface area contributed by atoms with E-state index in [0.717, 1.165) is 28.6 Å². The molecule has 3 aliphatic rings. The quantitative estimate of drug-likeness (QED) is 0.237. The lowest BCUT2D eigenvalue weighted by Crippen LogP contribution is -2.63. The molecule has 6 rings (SSSR count). The standard InChI is InChI=1S/C36H41F3N6O7S/c1-6-23-18-35(23,33(47)43-53(49,50)27-8-9-27)45(32(46)30(20(2)3)42-29-17-24(12-14-40-29)36(37,38)39)34(48)44-19-26(15-21(44)4)52-31-28-10-7-25(51-5)16-22(28)11-13-41-31/h6-7,10-14,16-17,20-21,23,26-27,30H,1,8-9,15,18-19H2,2-5H3,(H,40,42)(H,43,47)/t21?,23-,26-,30?,35-/m1/s1. The van der Waals surface area contributed by atoms with Crippen molar-refractivity contribution in [1.29, 1.82) is 0 Å². The van der Waals surface area contributed by atoms with Crippen molar-refractivity contribution in [2.24, 2.45) is 11.8 Å². The summed E-state index contributed by atoms with van der Waals surface area (Å²) in [5, 5.41) is 3.49. The lowest BCUT2D eigenvalue weighted by atomic mass is 10.00. The minimum Gasteiger partial charge on any atom is -0.497 e. The second kappa shape index (κ2) is 14.1. The topological polar surface area (TPSA) is 160 Å². The van der Waals surface area contributed by atoms with Crippen LogP contribution >= 0.6 is 0 Å². The number of methoxy groups -OCH3 is 1. The maximum absolute atomic E-state index is 14.8. The van der Waals surface area contributed by atoms with Gasteiger partial charge in [0.05, 0.1) is 24.5 Å². The van der Waals surface area contributed by atoms with Crippen molar-refractivity contribution in [3.05, 3.63) is 67.0 Å². The molecule has 0 bridgehead atoms. The van der Waals surface area contributed by atoms with Crippen LogP contribution in [0.2, 0.25) is 0 Å². The van der Waals surface area contributed by atoms with Gasteiger partial charge in [-0.2, -0.15) is 13.2 Å². The van der Waals surface area contributed by atoms with Crippen molar-refractivity contribution >= 4 is 44.5 Å². The van der Waals surface area contributed by atoms with Gasteiger partial charge in [-0.25, -0.2) is 28.1 Å². The van der Waals surface area contributed by atoms with Crippen molar-refractivity contribution in [2.45, 2.75) is 81.6 Å². The number of hydrogen-bond donors (Lipinski definition) is 2. The van der Waals surface area contributed by atoms with Crippen LogP contribution < -0.4 is 19.5 Å². The lowest BCUT2D eigenvalue weighted by Gasteiger charge is -2.37. The number of rotatable bonds is 12. The molecule has 3 fully saturated rings. The van der Waals surface area contributed by atoms with E-state index in [-0.39, 0.29) is 18.8 Å². The highest BCUT2D eigenvalue weighted by molar-refractivity contribution is 7.91. The molecule has 2 aliphatic carbocycles. The number of carbonyl (C=O) groups is 3. The molecule has 1 saturated heterocycles. The average Bonchev–Trinajstić information content (AvgIpc) is 4.04. The molecule has 3 heterocycles. The van der Waals surface area contributed by atoms with Gasteiger partial charge in [0.1, 0.15) is 29.3 Å². The molecule has 2 saturated carbocycles. The van der Waals surface area contributed by atoms with E-state index >= 15 is 0 Å². The summed E-state index contributed by atoms with van der Waals surface area (Å²) in [7, 11) is -2.55. The van der Waals surface area contributed by atoms with E-state index in [0.29, 0.717) is 36.3 Å². The fourth-order valence-electron chi connectivity index (χ4n) is 6.78. The third-order valence-electron chi connectivity index (χ3n) is 9.99. The van der Waals surface area contributed by atoms with Crippen LogP contribution in [0, 0.1) is 11.8 Å². The zero-order valence-corrected chi connectivity index (χ0v) is 30.4. The summed E-state index contributed by atoms with van der Waals surface area (Å²) >= 11 is 0. The first kappa shape index (κ1) is 37.8. The van der Waals surface area contributed by atoms with Crippen LogP contribution in [0.4, 0.5) is 23.8 Å². The van der Waals surface area contributed by atoms with Crippen LogP contribution in [-0.2, 0) is 25.8 Å². The number of ether oxygens (including phenoxy) is 2. The third kappa shape index (κ3) is 7.48. The number of likely N-dealkylation sites (tertiary alicyclic amines) is 1. The summed E-state index contributed by atoms with van der Waals surface area (Å²) in [5.41, 5.74) is -2.99. The molecule has 0 radical (unpaired) electrons. The zero-order chi connectivity index (χ0) is 38.5. The summed E-state index contributed by atoms with van der Waals surface area (Å²) in [5.74, 6) is -2.80. The monoisotopic (exact) mass is 758 g/mol. The Labute approximate surface area is 305 Å². The van der Waals surface area contributed by atoms with Gasteiger partial charge in [-0.15, -0.1) is 6.58 Å². The number of benzene rings is 1. The van der Waals surface area contributed by atoms with Crippen molar-refractivity contribution in [2.75, 3.05) is 19.0 Å².